The fourth-order valence-corrected chi connectivity index (χ4v) is 6.48. The zero-order valence-electron chi connectivity index (χ0n) is 33.2. The van der Waals surface area contributed by atoms with Crippen molar-refractivity contribution in [2.24, 2.45) is 5.92 Å². The van der Waals surface area contributed by atoms with E-state index in [1.807, 2.05) is 0 Å². The molecule has 0 aliphatic carbocycles. The van der Waals surface area contributed by atoms with Crippen molar-refractivity contribution in [3.63, 3.8) is 0 Å². The highest BCUT2D eigenvalue weighted by molar-refractivity contribution is 5.87. The molecule has 0 N–H and O–H groups in total. The largest absolute Gasteiger partial charge is 0.496 e. The van der Waals surface area contributed by atoms with Crippen molar-refractivity contribution in [3.8, 4) is 45.3 Å². The van der Waals surface area contributed by atoms with Crippen molar-refractivity contribution in [2.75, 3.05) is 40.6 Å². The summed E-state index contributed by atoms with van der Waals surface area (Å²) < 4.78 is 85.8. The predicted molar refractivity (Wildman–Crippen MR) is 219 cm³/mol. The zero-order chi connectivity index (χ0) is 42.8. The minimum absolute atomic E-state index is 0.0588. The average Bonchev–Trinajstić information content (AvgIpc) is 3.23. The molecule has 6 aromatic rings. The number of carbonyl (C=O) groups is 1. The molecule has 0 fully saturated rings. The monoisotopic (exact) mass is 828 g/mol. The molecule has 0 saturated heterocycles. The van der Waals surface area contributed by atoms with E-state index >= 15 is 0 Å². The number of para-hydroxylation sites is 2. The van der Waals surface area contributed by atoms with Crippen molar-refractivity contribution < 1.29 is 55.2 Å². The van der Waals surface area contributed by atoms with Gasteiger partial charge in [0.25, 0.3) is 0 Å². The van der Waals surface area contributed by atoms with E-state index in [0.717, 1.165) is 0 Å². The Kier molecular flexibility index (Phi) is 14.0. The number of hydrogen-bond acceptors (Lipinski definition) is 11. The number of hydrogen-bond donors (Lipinski definition) is 0. The van der Waals surface area contributed by atoms with Crippen LogP contribution in [0, 0.1) is 5.92 Å². The lowest BCUT2D eigenvalue weighted by molar-refractivity contribution is -0.162. The molecule has 0 bridgehead atoms. The fourth-order valence-electron chi connectivity index (χ4n) is 6.48. The summed E-state index contributed by atoms with van der Waals surface area (Å²) in [7, 11) is 3.03. The van der Waals surface area contributed by atoms with Crippen LogP contribution in [0.4, 0.5) is 13.2 Å². The smallest absolute Gasteiger partial charge is 0.389 e. The molecule has 4 aromatic carbocycles. The van der Waals surface area contributed by atoms with Crippen LogP contribution in [0.15, 0.2) is 128 Å². The number of fused-ring (bicyclic) bond motifs is 2. The SMILES string of the molecule is C=C(C)C(=O)OCC(COC(CCOc1ccc2cc(-c3ccccc3OC)c(=O)oc2c1)CCOc1ccc2cc(-c3ccccc3OC)c(=O)oc2c1)CC(F)(F)F. The third kappa shape index (κ3) is 11.1. The first-order valence-corrected chi connectivity index (χ1v) is 19.0. The van der Waals surface area contributed by atoms with Gasteiger partial charge in [0.2, 0.25) is 0 Å². The Morgan fingerprint density at radius 2 is 1.17 bits per heavy atom. The standard InChI is InChI=1S/C46H43F3O11/c1-28(2)43(50)58-27-29(25-46(47,48)49)26-57-32(17-19-55-33-15-13-30-21-37(44(51)59-41(30)23-33)35-9-5-7-11-39(35)53-3)18-20-56-34-16-14-31-22-38(45(52)60-42(31)24-34)36-10-6-8-12-40(36)54-4/h5-16,21-24,29,32H,1,17-20,25-27H2,2-4H3. The summed E-state index contributed by atoms with van der Waals surface area (Å²) in [6.07, 6.45) is -6.00. The van der Waals surface area contributed by atoms with Crippen LogP contribution in [0.5, 0.6) is 23.0 Å². The Labute approximate surface area is 342 Å². The first-order valence-electron chi connectivity index (χ1n) is 19.0. The second-order valence-corrected chi connectivity index (χ2v) is 14.0. The minimum Gasteiger partial charge on any atom is -0.496 e. The van der Waals surface area contributed by atoms with Crippen LogP contribution in [-0.2, 0) is 14.3 Å². The van der Waals surface area contributed by atoms with Crippen LogP contribution in [-0.4, -0.2) is 58.9 Å². The van der Waals surface area contributed by atoms with Gasteiger partial charge in [0.05, 0.1) is 64.3 Å². The van der Waals surface area contributed by atoms with E-state index in [0.29, 0.717) is 67.2 Å². The van der Waals surface area contributed by atoms with E-state index in [4.69, 9.17) is 37.3 Å². The Morgan fingerprint density at radius 1 is 0.683 bits per heavy atom. The Bertz CT molecular complexity index is 2430. The molecule has 0 aliphatic rings. The lowest BCUT2D eigenvalue weighted by Gasteiger charge is -2.23. The molecule has 0 aliphatic heterocycles. The summed E-state index contributed by atoms with van der Waals surface area (Å²) in [5, 5.41) is 1.29. The van der Waals surface area contributed by atoms with Crippen LogP contribution < -0.4 is 30.2 Å². The van der Waals surface area contributed by atoms with Gasteiger partial charge in [0, 0.05) is 58.4 Å². The Balaban J connectivity index is 1.15. The van der Waals surface area contributed by atoms with Crippen molar-refractivity contribution in [2.45, 2.75) is 38.5 Å². The van der Waals surface area contributed by atoms with Crippen molar-refractivity contribution in [3.05, 3.63) is 130 Å². The molecular formula is C46H43F3O11. The fraction of sp³-hybridized carbons (Fsp3) is 0.283. The van der Waals surface area contributed by atoms with Gasteiger partial charge in [-0.2, -0.15) is 13.2 Å². The summed E-state index contributed by atoms with van der Waals surface area (Å²) in [5.74, 6) is -0.170. The zero-order valence-corrected chi connectivity index (χ0v) is 33.2. The number of alkyl halides is 3. The van der Waals surface area contributed by atoms with E-state index in [2.05, 4.69) is 6.58 Å². The topological polar surface area (TPSA) is 133 Å². The van der Waals surface area contributed by atoms with E-state index in [9.17, 15) is 27.6 Å². The van der Waals surface area contributed by atoms with Crippen LogP contribution >= 0.6 is 0 Å². The van der Waals surface area contributed by atoms with Crippen molar-refractivity contribution >= 4 is 27.9 Å². The molecular weight excluding hydrogens is 785 g/mol. The minimum atomic E-state index is -4.54. The van der Waals surface area contributed by atoms with Gasteiger partial charge >= 0.3 is 23.4 Å². The number of carbonyl (C=O) groups excluding carboxylic acids is 1. The molecule has 0 amide bonds. The molecule has 0 spiro atoms. The van der Waals surface area contributed by atoms with E-state index in [1.54, 1.807) is 97.1 Å². The Morgan fingerprint density at radius 3 is 1.62 bits per heavy atom. The third-order valence-corrected chi connectivity index (χ3v) is 9.51. The quantitative estimate of drug-likeness (QED) is 0.0439. The highest BCUT2D eigenvalue weighted by Crippen LogP contribution is 2.32. The van der Waals surface area contributed by atoms with Gasteiger partial charge in [-0.3, -0.25) is 0 Å². The van der Waals surface area contributed by atoms with Crippen LogP contribution in [0.1, 0.15) is 26.2 Å². The molecule has 1 unspecified atom stereocenters. The lowest BCUT2D eigenvalue weighted by Crippen LogP contribution is -2.29. The summed E-state index contributed by atoms with van der Waals surface area (Å²) in [6.45, 7) is 4.13. The summed E-state index contributed by atoms with van der Waals surface area (Å²) in [5.41, 5.74) is 1.35. The molecule has 6 rings (SSSR count). The molecule has 2 aromatic heterocycles. The van der Waals surface area contributed by atoms with Gasteiger partial charge in [0.15, 0.2) is 0 Å². The highest BCUT2D eigenvalue weighted by atomic mass is 19.4. The summed E-state index contributed by atoms with van der Waals surface area (Å²) >= 11 is 0. The van der Waals surface area contributed by atoms with Gasteiger partial charge in [-0.25, -0.2) is 14.4 Å². The summed E-state index contributed by atoms with van der Waals surface area (Å²) in [4.78, 5) is 38.0. The van der Waals surface area contributed by atoms with Crippen molar-refractivity contribution in [1.82, 2.24) is 0 Å². The van der Waals surface area contributed by atoms with Gasteiger partial charge in [0.1, 0.15) is 34.2 Å². The molecule has 11 nitrogen and oxygen atoms in total. The van der Waals surface area contributed by atoms with Crippen LogP contribution in [0.3, 0.4) is 0 Å². The second-order valence-electron chi connectivity index (χ2n) is 14.0. The second kappa shape index (κ2) is 19.5. The number of ether oxygens (including phenoxy) is 6. The van der Waals surface area contributed by atoms with E-state index in [-0.39, 0.29) is 38.2 Å². The average molecular weight is 829 g/mol. The number of rotatable bonds is 19. The van der Waals surface area contributed by atoms with Crippen LogP contribution in [0.2, 0.25) is 0 Å². The van der Waals surface area contributed by atoms with Crippen LogP contribution in [0.25, 0.3) is 44.2 Å². The third-order valence-electron chi connectivity index (χ3n) is 9.51. The lowest BCUT2D eigenvalue weighted by atomic mass is 10.0. The molecule has 60 heavy (non-hydrogen) atoms. The normalized spacial score (nSPS) is 12.1. The molecule has 314 valence electrons. The molecule has 0 radical (unpaired) electrons. The van der Waals surface area contributed by atoms with Crippen molar-refractivity contribution in [1.29, 1.82) is 0 Å². The van der Waals surface area contributed by atoms with E-state index in [1.165, 1.54) is 21.1 Å². The van der Waals surface area contributed by atoms with Gasteiger partial charge in [-0.05, 0) is 55.5 Å². The molecule has 14 heteroatoms. The van der Waals surface area contributed by atoms with E-state index < -0.39 is 48.4 Å². The maximum Gasteiger partial charge on any atom is 0.389 e. The number of methoxy groups -OCH3 is 2. The maximum absolute atomic E-state index is 13.5. The molecule has 2 heterocycles. The van der Waals surface area contributed by atoms with Gasteiger partial charge in [-0.15, -0.1) is 0 Å². The first kappa shape index (κ1) is 43.0. The number of esters is 1. The molecule has 1 atom stereocenters. The number of halogens is 3. The molecule has 0 saturated carbocycles. The van der Waals surface area contributed by atoms with Gasteiger partial charge < -0.3 is 37.3 Å². The summed E-state index contributed by atoms with van der Waals surface area (Å²) in [6, 6.07) is 27.7. The highest BCUT2D eigenvalue weighted by Gasteiger charge is 2.33. The van der Waals surface area contributed by atoms with Gasteiger partial charge in [-0.1, -0.05) is 43.0 Å². The predicted octanol–water partition coefficient (Wildman–Crippen LogP) is 9.56. The maximum atomic E-state index is 13.5. The Hall–Kier alpha value is -6.54. The number of benzene rings is 4. The first-order chi connectivity index (χ1) is 28.8.